The molecule has 5 N–H and O–H groups in total. The summed E-state index contributed by atoms with van der Waals surface area (Å²) in [5.74, 6) is -2.63. The molecule has 0 radical (unpaired) electrons. The second-order valence-corrected chi connectivity index (χ2v) is 6.39. The zero-order valence-corrected chi connectivity index (χ0v) is 14.9. The Bertz CT molecular complexity index is 525. The van der Waals surface area contributed by atoms with Crippen LogP contribution in [0.2, 0.25) is 0 Å². The topological polar surface area (TPSA) is 142 Å². The number of carboxylic acids is 1. The zero-order valence-electron chi connectivity index (χ0n) is 14.9. The first-order chi connectivity index (χ1) is 11.7. The van der Waals surface area contributed by atoms with Crippen molar-refractivity contribution in [3.63, 3.8) is 0 Å². The molecular formula is C16H28N4O5. The number of aliphatic carboxylic acids is 1. The van der Waals surface area contributed by atoms with E-state index >= 15 is 0 Å². The Morgan fingerprint density at radius 3 is 2.40 bits per heavy atom. The van der Waals surface area contributed by atoms with Crippen molar-refractivity contribution >= 4 is 23.7 Å². The fraction of sp³-hybridized carbons (Fsp3) is 0.750. The highest BCUT2D eigenvalue weighted by Gasteiger charge is 2.38. The van der Waals surface area contributed by atoms with Gasteiger partial charge in [0.25, 0.3) is 0 Å². The molecule has 1 rings (SSSR count). The van der Waals surface area contributed by atoms with Gasteiger partial charge in [-0.05, 0) is 25.7 Å². The minimum absolute atomic E-state index is 0.225. The van der Waals surface area contributed by atoms with Crippen LogP contribution in [0.25, 0.3) is 0 Å². The Labute approximate surface area is 147 Å². The quantitative estimate of drug-likeness (QED) is 0.442. The van der Waals surface area contributed by atoms with Gasteiger partial charge in [-0.15, -0.1) is 0 Å². The maximum absolute atomic E-state index is 12.5. The molecule has 3 amide bonds. The largest absolute Gasteiger partial charge is 0.480 e. The van der Waals surface area contributed by atoms with Crippen LogP contribution in [0.5, 0.6) is 0 Å². The minimum atomic E-state index is -1.10. The Balaban J connectivity index is 2.78. The van der Waals surface area contributed by atoms with Gasteiger partial charge in [0, 0.05) is 6.54 Å². The van der Waals surface area contributed by atoms with E-state index in [0.29, 0.717) is 25.8 Å². The second kappa shape index (κ2) is 9.36. The molecule has 0 spiro atoms. The van der Waals surface area contributed by atoms with Gasteiger partial charge >= 0.3 is 5.97 Å². The van der Waals surface area contributed by atoms with Crippen molar-refractivity contribution in [2.45, 2.75) is 58.2 Å². The third-order valence-corrected chi connectivity index (χ3v) is 4.55. The average molecular weight is 356 g/mol. The summed E-state index contributed by atoms with van der Waals surface area (Å²) in [6.07, 6.45) is 1.71. The number of likely N-dealkylation sites (tertiary alicyclic amines) is 1. The van der Waals surface area contributed by atoms with Crippen molar-refractivity contribution in [1.29, 1.82) is 0 Å². The average Bonchev–Trinajstić information content (AvgIpc) is 3.07. The maximum Gasteiger partial charge on any atom is 0.326 e. The van der Waals surface area contributed by atoms with E-state index in [0.717, 1.165) is 0 Å². The Morgan fingerprint density at radius 1 is 1.24 bits per heavy atom. The highest BCUT2D eigenvalue weighted by molar-refractivity contribution is 5.93. The van der Waals surface area contributed by atoms with Gasteiger partial charge in [-0.25, -0.2) is 4.79 Å². The molecule has 0 aromatic rings. The molecule has 142 valence electrons. The van der Waals surface area contributed by atoms with Crippen LogP contribution in [0.4, 0.5) is 0 Å². The van der Waals surface area contributed by atoms with E-state index in [2.05, 4.69) is 10.6 Å². The standard InChI is InChI=1S/C16H28N4O5/c1-4-9(2)13(16(24)25)19-14(22)11-6-5-7-20(11)15(23)10(3)18-12(21)8-17/h9-11,13H,4-8,17H2,1-3H3,(H,18,21)(H,19,22)(H,24,25). The molecule has 4 atom stereocenters. The summed E-state index contributed by atoms with van der Waals surface area (Å²) in [5.41, 5.74) is 5.22. The molecule has 0 bridgehead atoms. The van der Waals surface area contributed by atoms with Crippen LogP contribution in [0.1, 0.15) is 40.0 Å². The number of amides is 3. The van der Waals surface area contributed by atoms with Gasteiger partial charge in [0.2, 0.25) is 17.7 Å². The van der Waals surface area contributed by atoms with Gasteiger partial charge < -0.3 is 26.4 Å². The summed E-state index contributed by atoms with van der Waals surface area (Å²) in [6.45, 7) is 5.29. The van der Waals surface area contributed by atoms with Crippen molar-refractivity contribution in [3.8, 4) is 0 Å². The van der Waals surface area contributed by atoms with Gasteiger partial charge in [-0.3, -0.25) is 14.4 Å². The number of nitrogens with one attached hydrogen (secondary N) is 2. The van der Waals surface area contributed by atoms with Crippen molar-refractivity contribution in [3.05, 3.63) is 0 Å². The summed E-state index contributed by atoms with van der Waals surface area (Å²) >= 11 is 0. The van der Waals surface area contributed by atoms with Gasteiger partial charge in [-0.2, -0.15) is 0 Å². The van der Waals surface area contributed by atoms with Gasteiger partial charge in [-0.1, -0.05) is 20.3 Å². The number of carbonyl (C=O) groups excluding carboxylic acids is 3. The SMILES string of the molecule is CCC(C)C(NC(=O)C1CCCN1C(=O)C(C)NC(=O)CN)C(=O)O. The molecular weight excluding hydrogens is 328 g/mol. The van der Waals surface area contributed by atoms with Crippen LogP contribution in [0.15, 0.2) is 0 Å². The lowest BCUT2D eigenvalue weighted by atomic mass is 9.98. The van der Waals surface area contributed by atoms with E-state index in [1.165, 1.54) is 11.8 Å². The molecule has 1 saturated heterocycles. The predicted octanol–water partition coefficient (Wildman–Crippen LogP) is -0.944. The number of hydrogen-bond acceptors (Lipinski definition) is 5. The van der Waals surface area contributed by atoms with E-state index in [1.807, 2.05) is 6.92 Å². The van der Waals surface area contributed by atoms with E-state index in [9.17, 15) is 24.3 Å². The lowest BCUT2D eigenvalue weighted by molar-refractivity contribution is -0.145. The Kier molecular flexibility index (Phi) is 7.82. The molecule has 1 fully saturated rings. The molecule has 1 aliphatic heterocycles. The molecule has 0 aromatic heterocycles. The summed E-state index contributed by atoms with van der Waals surface area (Å²) in [6, 6.07) is -2.52. The molecule has 4 unspecified atom stereocenters. The highest BCUT2D eigenvalue weighted by Crippen LogP contribution is 2.19. The Hall–Kier alpha value is -2.16. The van der Waals surface area contributed by atoms with Crippen LogP contribution in [0, 0.1) is 5.92 Å². The first-order valence-corrected chi connectivity index (χ1v) is 8.55. The van der Waals surface area contributed by atoms with E-state index in [1.54, 1.807) is 6.92 Å². The fourth-order valence-electron chi connectivity index (χ4n) is 2.85. The third kappa shape index (κ3) is 5.42. The summed E-state index contributed by atoms with van der Waals surface area (Å²) in [7, 11) is 0. The third-order valence-electron chi connectivity index (χ3n) is 4.55. The highest BCUT2D eigenvalue weighted by atomic mass is 16.4. The van der Waals surface area contributed by atoms with Crippen molar-refractivity contribution < 1.29 is 24.3 Å². The monoisotopic (exact) mass is 356 g/mol. The lowest BCUT2D eigenvalue weighted by Gasteiger charge is -2.29. The summed E-state index contributed by atoms with van der Waals surface area (Å²) < 4.78 is 0. The first-order valence-electron chi connectivity index (χ1n) is 8.55. The molecule has 9 heteroatoms. The normalized spacial score (nSPS) is 20.5. The molecule has 1 aliphatic rings. The van der Waals surface area contributed by atoms with Crippen LogP contribution in [-0.2, 0) is 19.2 Å². The van der Waals surface area contributed by atoms with Crippen LogP contribution >= 0.6 is 0 Å². The molecule has 0 aliphatic carbocycles. The number of carboxylic acid groups (broad SMARTS) is 1. The van der Waals surface area contributed by atoms with Gasteiger partial charge in [0.1, 0.15) is 18.1 Å². The molecule has 0 saturated carbocycles. The number of rotatable bonds is 8. The van der Waals surface area contributed by atoms with E-state index < -0.39 is 35.9 Å². The fourth-order valence-corrected chi connectivity index (χ4v) is 2.85. The molecule has 0 aromatic carbocycles. The van der Waals surface area contributed by atoms with Gasteiger partial charge in [0.05, 0.1) is 6.54 Å². The molecule has 25 heavy (non-hydrogen) atoms. The molecule has 9 nitrogen and oxygen atoms in total. The van der Waals surface area contributed by atoms with Crippen molar-refractivity contribution in [1.82, 2.24) is 15.5 Å². The Morgan fingerprint density at radius 2 is 1.88 bits per heavy atom. The molecule has 1 heterocycles. The van der Waals surface area contributed by atoms with Crippen LogP contribution < -0.4 is 16.4 Å². The summed E-state index contributed by atoms with van der Waals surface area (Å²) in [4.78, 5) is 49.1. The predicted molar refractivity (Wildman–Crippen MR) is 90.4 cm³/mol. The first kappa shape index (κ1) is 20.9. The van der Waals surface area contributed by atoms with Crippen LogP contribution in [-0.4, -0.2) is 64.9 Å². The summed E-state index contributed by atoms with van der Waals surface area (Å²) in [5, 5.41) is 14.3. The zero-order chi connectivity index (χ0) is 19.1. The number of nitrogens with zero attached hydrogens (tertiary/aromatic N) is 1. The smallest absolute Gasteiger partial charge is 0.326 e. The number of nitrogens with two attached hydrogens (primary N) is 1. The van der Waals surface area contributed by atoms with Crippen LogP contribution in [0.3, 0.4) is 0 Å². The minimum Gasteiger partial charge on any atom is -0.480 e. The maximum atomic E-state index is 12.5. The second-order valence-electron chi connectivity index (χ2n) is 6.39. The van der Waals surface area contributed by atoms with Gasteiger partial charge in [0.15, 0.2) is 0 Å². The van der Waals surface area contributed by atoms with E-state index in [-0.39, 0.29) is 18.4 Å². The number of hydrogen-bond donors (Lipinski definition) is 4. The number of carbonyl (C=O) groups is 4. The van der Waals surface area contributed by atoms with Crippen molar-refractivity contribution in [2.75, 3.05) is 13.1 Å². The van der Waals surface area contributed by atoms with Crippen molar-refractivity contribution in [2.24, 2.45) is 11.7 Å². The lowest BCUT2D eigenvalue weighted by Crippen LogP contribution is -2.55. The van der Waals surface area contributed by atoms with E-state index in [4.69, 9.17) is 5.73 Å².